The second-order valence-corrected chi connectivity index (χ2v) is 7.51. The van der Waals surface area contributed by atoms with Crippen LogP contribution in [0.1, 0.15) is 68.6 Å². The molecule has 2 unspecified atom stereocenters. The highest BCUT2D eigenvalue weighted by Crippen LogP contribution is 2.45. The smallest absolute Gasteiger partial charge is 0.123 e. The molecular weight excluding hydrogens is 292 g/mol. The Morgan fingerprint density at radius 3 is 2.12 bits per heavy atom. The average Bonchev–Trinajstić information content (AvgIpc) is 2.62. The highest BCUT2D eigenvalue weighted by atomic mass is 16.3. The van der Waals surface area contributed by atoms with Crippen molar-refractivity contribution in [3.63, 3.8) is 0 Å². The summed E-state index contributed by atoms with van der Waals surface area (Å²) in [5.74, 6) is 1.12. The molecule has 0 saturated heterocycles. The fourth-order valence-electron chi connectivity index (χ4n) is 3.68. The SMILES string of the molecule is CCC(C)(C)c1ccc(C2C=CC=CC2)c(C2C=CC=CC2)c1O. The van der Waals surface area contributed by atoms with Gasteiger partial charge >= 0.3 is 0 Å². The van der Waals surface area contributed by atoms with Gasteiger partial charge in [0.15, 0.2) is 0 Å². The number of rotatable bonds is 4. The first kappa shape index (κ1) is 16.8. The minimum atomic E-state index is -0.0199. The first-order valence-corrected chi connectivity index (χ1v) is 9.07. The molecular formula is C23H28O. The summed E-state index contributed by atoms with van der Waals surface area (Å²) in [6.07, 6.45) is 20.3. The molecule has 126 valence electrons. The molecule has 0 aromatic heterocycles. The number of phenolic OH excluding ortho intramolecular Hbond substituents is 1. The third kappa shape index (κ3) is 3.13. The van der Waals surface area contributed by atoms with Crippen LogP contribution in [0.4, 0.5) is 0 Å². The number of hydrogen-bond donors (Lipinski definition) is 1. The normalized spacial score (nSPS) is 23.0. The summed E-state index contributed by atoms with van der Waals surface area (Å²) in [5, 5.41) is 11.2. The molecule has 3 rings (SSSR count). The zero-order chi connectivity index (χ0) is 17.2. The molecule has 0 spiro atoms. The van der Waals surface area contributed by atoms with Gasteiger partial charge in [-0.2, -0.15) is 0 Å². The summed E-state index contributed by atoms with van der Waals surface area (Å²) in [6.45, 7) is 6.61. The van der Waals surface area contributed by atoms with Gasteiger partial charge in [0.05, 0.1) is 0 Å². The monoisotopic (exact) mass is 320 g/mol. The van der Waals surface area contributed by atoms with Crippen LogP contribution in [-0.4, -0.2) is 5.11 Å². The van der Waals surface area contributed by atoms with Crippen molar-refractivity contribution in [3.8, 4) is 5.75 Å². The van der Waals surface area contributed by atoms with E-state index in [1.54, 1.807) is 0 Å². The number of benzene rings is 1. The van der Waals surface area contributed by atoms with E-state index >= 15 is 0 Å². The van der Waals surface area contributed by atoms with Gasteiger partial charge in [-0.3, -0.25) is 0 Å². The van der Waals surface area contributed by atoms with Crippen molar-refractivity contribution < 1.29 is 5.11 Å². The van der Waals surface area contributed by atoms with Crippen LogP contribution in [0.25, 0.3) is 0 Å². The van der Waals surface area contributed by atoms with Crippen LogP contribution < -0.4 is 0 Å². The summed E-state index contributed by atoms with van der Waals surface area (Å²) >= 11 is 0. The van der Waals surface area contributed by atoms with E-state index in [4.69, 9.17) is 0 Å². The van der Waals surface area contributed by atoms with Gasteiger partial charge in [-0.05, 0) is 35.8 Å². The van der Waals surface area contributed by atoms with Crippen molar-refractivity contribution in [1.29, 1.82) is 0 Å². The summed E-state index contributed by atoms with van der Waals surface area (Å²) < 4.78 is 0. The zero-order valence-corrected chi connectivity index (χ0v) is 15.0. The number of allylic oxidation sites excluding steroid dienone is 8. The third-order valence-electron chi connectivity index (χ3n) is 5.60. The summed E-state index contributed by atoms with van der Waals surface area (Å²) in [6, 6.07) is 4.40. The molecule has 1 nitrogen and oxygen atoms in total. The minimum Gasteiger partial charge on any atom is -0.507 e. The summed E-state index contributed by atoms with van der Waals surface area (Å²) in [7, 11) is 0. The summed E-state index contributed by atoms with van der Waals surface area (Å²) in [5.41, 5.74) is 3.45. The van der Waals surface area contributed by atoms with Crippen molar-refractivity contribution in [2.24, 2.45) is 0 Å². The Morgan fingerprint density at radius 1 is 0.958 bits per heavy atom. The molecule has 0 aliphatic heterocycles. The molecule has 0 amide bonds. The first-order valence-electron chi connectivity index (χ1n) is 9.07. The fourth-order valence-corrected chi connectivity index (χ4v) is 3.68. The Labute approximate surface area is 146 Å². The maximum atomic E-state index is 11.2. The van der Waals surface area contributed by atoms with E-state index in [9.17, 15) is 5.11 Å². The van der Waals surface area contributed by atoms with Gasteiger partial charge in [0, 0.05) is 17.4 Å². The Hall–Kier alpha value is -2.02. The van der Waals surface area contributed by atoms with Gasteiger partial charge in [0.2, 0.25) is 0 Å². The van der Waals surface area contributed by atoms with Crippen molar-refractivity contribution in [1.82, 2.24) is 0 Å². The number of hydrogen-bond acceptors (Lipinski definition) is 1. The molecule has 2 aliphatic carbocycles. The van der Waals surface area contributed by atoms with Crippen LogP contribution in [-0.2, 0) is 5.41 Å². The second-order valence-electron chi connectivity index (χ2n) is 7.51. The van der Waals surface area contributed by atoms with Crippen LogP contribution in [0, 0.1) is 0 Å². The van der Waals surface area contributed by atoms with Gasteiger partial charge in [0.25, 0.3) is 0 Å². The molecule has 24 heavy (non-hydrogen) atoms. The highest BCUT2D eigenvalue weighted by molar-refractivity contribution is 5.54. The van der Waals surface area contributed by atoms with Crippen molar-refractivity contribution in [2.45, 2.75) is 57.3 Å². The molecule has 1 heteroatoms. The van der Waals surface area contributed by atoms with Gasteiger partial charge in [-0.1, -0.05) is 81.5 Å². The fraction of sp³-hybridized carbons (Fsp3) is 0.391. The molecule has 0 radical (unpaired) electrons. The molecule has 1 aromatic carbocycles. The minimum absolute atomic E-state index is 0.0199. The standard InChI is InChI=1S/C23H28O/c1-4-23(2,3)20-16-15-19(17-11-7-5-8-12-17)21(22(20)24)18-13-9-6-10-14-18/h5-11,13,15-18,24H,4,12,14H2,1-3H3. The maximum absolute atomic E-state index is 11.2. The van der Waals surface area contributed by atoms with Crippen LogP contribution >= 0.6 is 0 Å². The lowest BCUT2D eigenvalue weighted by molar-refractivity contribution is 0.420. The van der Waals surface area contributed by atoms with Gasteiger partial charge in [-0.15, -0.1) is 0 Å². The van der Waals surface area contributed by atoms with Crippen LogP contribution in [0.2, 0.25) is 0 Å². The molecule has 1 N–H and O–H groups in total. The molecule has 2 atom stereocenters. The van der Waals surface area contributed by atoms with E-state index in [1.165, 1.54) is 5.56 Å². The van der Waals surface area contributed by atoms with E-state index in [2.05, 4.69) is 81.5 Å². The zero-order valence-electron chi connectivity index (χ0n) is 15.0. The first-order chi connectivity index (χ1) is 11.5. The molecule has 0 heterocycles. The lowest BCUT2D eigenvalue weighted by atomic mass is 9.75. The quantitative estimate of drug-likeness (QED) is 0.692. The average molecular weight is 320 g/mol. The molecule has 0 bridgehead atoms. The molecule has 0 saturated carbocycles. The predicted octanol–water partition coefficient (Wildman–Crippen LogP) is 6.28. The van der Waals surface area contributed by atoms with E-state index in [1.807, 2.05) is 0 Å². The molecule has 1 aromatic rings. The highest BCUT2D eigenvalue weighted by Gasteiger charge is 2.28. The Kier molecular flexibility index (Phi) is 4.80. The summed E-state index contributed by atoms with van der Waals surface area (Å²) in [4.78, 5) is 0. The molecule has 2 aliphatic rings. The van der Waals surface area contributed by atoms with E-state index in [-0.39, 0.29) is 11.3 Å². The van der Waals surface area contributed by atoms with E-state index < -0.39 is 0 Å². The van der Waals surface area contributed by atoms with Crippen LogP contribution in [0.5, 0.6) is 5.75 Å². The predicted molar refractivity (Wildman–Crippen MR) is 103 cm³/mol. The molecule has 0 fully saturated rings. The van der Waals surface area contributed by atoms with Gasteiger partial charge in [0.1, 0.15) is 5.75 Å². The number of aromatic hydroxyl groups is 1. The lowest BCUT2D eigenvalue weighted by Crippen LogP contribution is -2.18. The lowest BCUT2D eigenvalue weighted by Gasteiger charge is -2.30. The van der Waals surface area contributed by atoms with E-state index in [0.717, 1.165) is 30.4 Å². The van der Waals surface area contributed by atoms with Crippen molar-refractivity contribution >= 4 is 0 Å². The van der Waals surface area contributed by atoms with Gasteiger partial charge in [-0.25, -0.2) is 0 Å². The largest absolute Gasteiger partial charge is 0.507 e. The topological polar surface area (TPSA) is 20.2 Å². The van der Waals surface area contributed by atoms with Crippen molar-refractivity contribution in [2.75, 3.05) is 0 Å². The van der Waals surface area contributed by atoms with Crippen LogP contribution in [0.15, 0.2) is 60.7 Å². The second kappa shape index (κ2) is 6.84. The Balaban J connectivity index is 2.13. The van der Waals surface area contributed by atoms with E-state index in [0.29, 0.717) is 11.7 Å². The van der Waals surface area contributed by atoms with Crippen molar-refractivity contribution in [3.05, 3.63) is 77.4 Å². The third-order valence-corrected chi connectivity index (χ3v) is 5.60. The maximum Gasteiger partial charge on any atom is 0.123 e. The van der Waals surface area contributed by atoms with Gasteiger partial charge < -0.3 is 5.11 Å². The number of phenols is 1. The Bertz CT molecular complexity index is 716. The van der Waals surface area contributed by atoms with Crippen LogP contribution in [0.3, 0.4) is 0 Å². The Morgan fingerprint density at radius 2 is 1.58 bits per heavy atom.